The molecule has 1 atom stereocenters. The van der Waals surface area contributed by atoms with Crippen LogP contribution in [0.1, 0.15) is 31.0 Å². The minimum atomic E-state index is 0. The number of nitrogens with one attached hydrogen (secondary N) is 1. The number of hydrogen-bond acceptors (Lipinski definition) is 4. The van der Waals surface area contributed by atoms with Crippen LogP contribution in [0.4, 0.5) is 0 Å². The number of pyridine rings is 1. The molecule has 1 aliphatic heterocycles. The summed E-state index contributed by atoms with van der Waals surface area (Å²) in [4.78, 5) is 11.2. The van der Waals surface area contributed by atoms with E-state index >= 15 is 0 Å². The van der Waals surface area contributed by atoms with Gasteiger partial charge in [-0.15, -0.1) is 24.0 Å². The zero-order valence-electron chi connectivity index (χ0n) is 16.4. The molecule has 1 unspecified atom stereocenters. The van der Waals surface area contributed by atoms with E-state index in [1.54, 1.807) is 6.20 Å². The molecule has 0 saturated carbocycles. The quantitative estimate of drug-likeness (QED) is 0.335. The van der Waals surface area contributed by atoms with Crippen molar-refractivity contribution in [2.45, 2.75) is 39.0 Å². The third kappa shape index (κ3) is 6.94. The van der Waals surface area contributed by atoms with Crippen molar-refractivity contribution >= 4 is 29.9 Å². The normalized spacial score (nSPS) is 17.2. The minimum absolute atomic E-state index is 0. The molecule has 6 nitrogen and oxygen atoms in total. The number of guanidine groups is 1. The van der Waals surface area contributed by atoms with E-state index in [2.05, 4.69) is 27.1 Å². The second-order valence-electron chi connectivity index (χ2n) is 6.76. The van der Waals surface area contributed by atoms with E-state index in [4.69, 9.17) is 10.5 Å². The number of hydrogen-bond donors (Lipinski definition) is 2. The Bertz CT molecular complexity index is 741. The van der Waals surface area contributed by atoms with E-state index < -0.39 is 0 Å². The number of ether oxygens (including phenoxy) is 1. The summed E-state index contributed by atoms with van der Waals surface area (Å²) in [6.07, 6.45) is 4.26. The molecule has 0 radical (unpaired) electrons. The van der Waals surface area contributed by atoms with Crippen LogP contribution in [0, 0.1) is 0 Å². The Balaban J connectivity index is 0.00000280. The fraction of sp³-hybridized carbons (Fsp3) is 0.429. The molecule has 3 rings (SSSR count). The van der Waals surface area contributed by atoms with Gasteiger partial charge >= 0.3 is 0 Å². The second-order valence-corrected chi connectivity index (χ2v) is 6.76. The van der Waals surface area contributed by atoms with Gasteiger partial charge in [0.15, 0.2) is 5.96 Å². The number of aromatic nitrogens is 1. The molecular weight excluding hydrogens is 465 g/mol. The Labute approximate surface area is 184 Å². The molecule has 1 aliphatic rings. The van der Waals surface area contributed by atoms with Crippen LogP contribution in [0.15, 0.2) is 53.7 Å². The first kappa shape index (κ1) is 22.4. The lowest BCUT2D eigenvalue weighted by molar-refractivity contribution is 0.267. The largest absolute Gasteiger partial charge is 0.487 e. The van der Waals surface area contributed by atoms with E-state index in [1.807, 2.05) is 42.5 Å². The summed E-state index contributed by atoms with van der Waals surface area (Å²) in [5.41, 5.74) is 8.01. The Morgan fingerprint density at radius 1 is 1.32 bits per heavy atom. The van der Waals surface area contributed by atoms with Crippen molar-refractivity contribution in [1.82, 2.24) is 15.2 Å². The molecule has 2 aromatic rings. The van der Waals surface area contributed by atoms with E-state index in [1.165, 1.54) is 19.4 Å². The van der Waals surface area contributed by atoms with Gasteiger partial charge in [-0.25, -0.2) is 4.99 Å². The number of likely N-dealkylation sites (N-methyl/N-ethyl adjacent to an activating group) is 1. The molecule has 1 fully saturated rings. The van der Waals surface area contributed by atoms with Crippen molar-refractivity contribution in [3.8, 4) is 5.75 Å². The zero-order chi connectivity index (χ0) is 18.9. The first-order valence-corrected chi connectivity index (χ1v) is 9.64. The molecule has 0 aliphatic carbocycles. The van der Waals surface area contributed by atoms with Gasteiger partial charge in [-0.2, -0.15) is 0 Å². The van der Waals surface area contributed by atoms with E-state index in [0.29, 0.717) is 25.2 Å². The van der Waals surface area contributed by atoms with Gasteiger partial charge in [0.05, 0.1) is 12.2 Å². The average Bonchev–Trinajstić information content (AvgIpc) is 3.18. The van der Waals surface area contributed by atoms with Crippen molar-refractivity contribution in [3.63, 3.8) is 0 Å². The van der Waals surface area contributed by atoms with Crippen LogP contribution in [-0.4, -0.2) is 41.5 Å². The fourth-order valence-corrected chi connectivity index (χ4v) is 3.37. The molecule has 1 aromatic heterocycles. The number of nitrogens with zero attached hydrogens (tertiary/aromatic N) is 3. The Morgan fingerprint density at radius 2 is 2.21 bits per heavy atom. The predicted octanol–water partition coefficient (Wildman–Crippen LogP) is 3.17. The minimum Gasteiger partial charge on any atom is -0.487 e. The molecule has 3 N–H and O–H groups in total. The van der Waals surface area contributed by atoms with Crippen molar-refractivity contribution in [2.75, 3.05) is 19.6 Å². The average molecular weight is 495 g/mol. The van der Waals surface area contributed by atoms with Crippen LogP contribution in [0.5, 0.6) is 5.75 Å². The van der Waals surface area contributed by atoms with Crippen LogP contribution in [0.3, 0.4) is 0 Å². The number of nitrogens with two attached hydrogens (primary N) is 1. The van der Waals surface area contributed by atoms with Crippen LogP contribution < -0.4 is 15.8 Å². The van der Waals surface area contributed by atoms with E-state index in [9.17, 15) is 0 Å². The highest BCUT2D eigenvalue weighted by Crippen LogP contribution is 2.16. The smallest absolute Gasteiger partial charge is 0.188 e. The molecule has 152 valence electrons. The van der Waals surface area contributed by atoms with Gasteiger partial charge in [0.2, 0.25) is 0 Å². The summed E-state index contributed by atoms with van der Waals surface area (Å²) in [5.74, 6) is 1.31. The lowest BCUT2D eigenvalue weighted by atomic mass is 10.2. The Kier molecular flexibility index (Phi) is 9.49. The summed E-state index contributed by atoms with van der Waals surface area (Å²) < 4.78 is 5.82. The summed E-state index contributed by atoms with van der Waals surface area (Å²) in [7, 11) is 0. The van der Waals surface area contributed by atoms with Gasteiger partial charge in [-0.3, -0.25) is 9.88 Å². The van der Waals surface area contributed by atoms with Gasteiger partial charge in [-0.05, 0) is 55.8 Å². The molecule has 1 aromatic carbocycles. The molecular formula is C21H30IN5O. The highest BCUT2D eigenvalue weighted by atomic mass is 127. The topological polar surface area (TPSA) is 75.8 Å². The lowest BCUT2D eigenvalue weighted by Crippen LogP contribution is -2.42. The first-order chi connectivity index (χ1) is 13.2. The third-order valence-electron chi connectivity index (χ3n) is 4.87. The maximum Gasteiger partial charge on any atom is 0.188 e. The number of likely N-dealkylation sites (tertiary alicyclic amines) is 1. The number of aliphatic imine (C=N–C) groups is 1. The summed E-state index contributed by atoms with van der Waals surface area (Å²) in [6.45, 7) is 6.32. The number of rotatable bonds is 8. The molecule has 1 saturated heterocycles. The third-order valence-corrected chi connectivity index (χ3v) is 4.87. The lowest BCUT2D eigenvalue weighted by Gasteiger charge is -2.23. The number of benzene rings is 1. The maximum absolute atomic E-state index is 6.04. The van der Waals surface area contributed by atoms with Crippen molar-refractivity contribution in [3.05, 3.63) is 59.9 Å². The molecule has 28 heavy (non-hydrogen) atoms. The van der Waals surface area contributed by atoms with Crippen LogP contribution in [0.2, 0.25) is 0 Å². The van der Waals surface area contributed by atoms with Crippen LogP contribution >= 0.6 is 24.0 Å². The summed E-state index contributed by atoms with van der Waals surface area (Å²) in [5, 5.41) is 3.27. The second kappa shape index (κ2) is 11.9. The maximum atomic E-state index is 6.04. The zero-order valence-corrected chi connectivity index (χ0v) is 18.7. The Hall–Kier alpha value is -1.87. The molecule has 0 bridgehead atoms. The van der Waals surface area contributed by atoms with E-state index in [0.717, 1.165) is 30.1 Å². The highest BCUT2D eigenvalue weighted by molar-refractivity contribution is 14.0. The van der Waals surface area contributed by atoms with Gasteiger partial charge in [-0.1, -0.05) is 25.1 Å². The van der Waals surface area contributed by atoms with Crippen molar-refractivity contribution < 1.29 is 4.74 Å². The fourth-order valence-electron chi connectivity index (χ4n) is 3.37. The van der Waals surface area contributed by atoms with Gasteiger partial charge in [0.25, 0.3) is 0 Å². The first-order valence-electron chi connectivity index (χ1n) is 9.64. The SMILES string of the molecule is CCN1CCCC1CNC(N)=NCc1cccc(OCc2ccccn2)c1.I. The predicted molar refractivity (Wildman–Crippen MR) is 124 cm³/mol. The molecule has 2 heterocycles. The van der Waals surface area contributed by atoms with Crippen molar-refractivity contribution in [1.29, 1.82) is 0 Å². The molecule has 0 spiro atoms. The number of halogens is 1. The van der Waals surface area contributed by atoms with Crippen LogP contribution in [0.25, 0.3) is 0 Å². The highest BCUT2D eigenvalue weighted by Gasteiger charge is 2.22. The van der Waals surface area contributed by atoms with Gasteiger partial charge in [0, 0.05) is 18.8 Å². The standard InChI is InChI=1S/C21H29N5O.HI/c1-2-26-12-6-9-19(26)15-25-21(22)24-14-17-7-5-10-20(13-17)27-16-18-8-3-4-11-23-18;/h3-5,7-8,10-11,13,19H,2,6,9,12,14-16H2,1H3,(H3,22,24,25);1H. The monoisotopic (exact) mass is 495 g/mol. The van der Waals surface area contributed by atoms with Gasteiger partial charge < -0.3 is 15.8 Å². The van der Waals surface area contributed by atoms with Gasteiger partial charge in [0.1, 0.15) is 12.4 Å². The Morgan fingerprint density at radius 3 is 3.00 bits per heavy atom. The molecule has 7 heteroatoms. The van der Waals surface area contributed by atoms with E-state index in [-0.39, 0.29) is 24.0 Å². The molecule has 0 amide bonds. The summed E-state index contributed by atoms with van der Waals surface area (Å²) >= 11 is 0. The van der Waals surface area contributed by atoms with Crippen molar-refractivity contribution in [2.24, 2.45) is 10.7 Å². The summed E-state index contributed by atoms with van der Waals surface area (Å²) in [6, 6.07) is 14.3. The van der Waals surface area contributed by atoms with Crippen LogP contribution in [-0.2, 0) is 13.2 Å².